The number of pyridine rings is 2. The largest absolute Gasteiger partial charge is 0.457 e. The number of thiazole rings is 1. The quantitative estimate of drug-likeness (QED) is 0.326. The molecule has 0 spiro atoms. The van der Waals surface area contributed by atoms with Crippen molar-refractivity contribution >= 4 is 32.5 Å². The number of benzene rings is 2. The molecule has 0 aliphatic heterocycles. The molecule has 4 N–H and O–H groups in total. The van der Waals surface area contributed by atoms with Gasteiger partial charge in [-0.1, -0.05) is 35.6 Å². The lowest BCUT2D eigenvalue weighted by molar-refractivity contribution is 0.166. The Bertz CT molecular complexity index is 1480. The molecule has 0 unspecified atom stereocenters. The van der Waals surface area contributed by atoms with Crippen LogP contribution in [0.15, 0.2) is 79.1 Å². The van der Waals surface area contributed by atoms with E-state index in [0.717, 1.165) is 32.2 Å². The number of nitrogens with one attached hydrogen (secondary N) is 1. The van der Waals surface area contributed by atoms with E-state index >= 15 is 0 Å². The molecule has 1 aliphatic carbocycles. The second-order valence-corrected chi connectivity index (χ2v) is 9.22. The summed E-state index contributed by atoms with van der Waals surface area (Å²) in [5.74, 6) is 1.85. The predicted molar refractivity (Wildman–Crippen MR) is 134 cm³/mol. The molecule has 2 aromatic carbocycles. The minimum atomic E-state index is -0.472. The van der Waals surface area contributed by atoms with E-state index in [2.05, 4.69) is 27.4 Å². The molecule has 1 aliphatic rings. The number of fused-ring (bicyclic) bond motifs is 2. The van der Waals surface area contributed by atoms with E-state index < -0.39 is 6.10 Å². The van der Waals surface area contributed by atoms with Crippen LogP contribution < -0.4 is 15.8 Å². The van der Waals surface area contributed by atoms with Crippen LogP contribution >= 0.6 is 11.3 Å². The van der Waals surface area contributed by atoms with Crippen molar-refractivity contribution in [3.05, 3.63) is 90.3 Å². The Labute approximate surface area is 199 Å². The minimum Gasteiger partial charge on any atom is -0.457 e. The maximum Gasteiger partial charge on any atom is 0.184 e. The summed E-state index contributed by atoms with van der Waals surface area (Å²) in [5, 5.41) is 14.8. The third kappa shape index (κ3) is 3.93. The van der Waals surface area contributed by atoms with Gasteiger partial charge in [0.2, 0.25) is 0 Å². The van der Waals surface area contributed by atoms with Gasteiger partial charge < -0.3 is 20.9 Å². The van der Waals surface area contributed by atoms with Gasteiger partial charge in [-0.2, -0.15) is 0 Å². The van der Waals surface area contributed by atoms with Gasteiger partial charge in [-0.15, -0.1) is 0 Å². The van der Waals surface area contributed by atoms with Crippen LogP contribution in [0.3, 0.4) is 0 Å². The summed E-state index contributed by atoms with van der Waals surface area (Å²) in [6, 6.07) is 21.1. The Hall–Kier alpha value is -4.01. The first kappa shape index (κ1) is 20.6. The fraction of sp³-hybridized carbons (Fsp3) is 0.115. The van der Waals surface area contributed by atoms with Gasteiger partial charge in [0.1, 0.15) is 17.3 Å². The standard InChI is InChI=1S/C26H21N5O2S/c27-24-8-5-16(14-29-24)21-12-18(9-10-28-21)33-17-6-7-20-23(13-17)34-26(30-20)31-25-19-4-2-1-3-15(19)11-22(25)32/h1-10,12-14,22,25,32H,11H2,(H2,27,29)(H,30,31)/t22-,25+/m0/s1. The van der Waals surface area contributed by atoms with E-state index in [1.54, 1.807) is 29.8 Å². The van der Waals surface area contributed by atoms with Crippen LogP contribution in [0.25, 0.3) is 21.5 Å². The van der Waals surface area contributed by atoms with Gasteiger partial charge in [-0.05, 0) is 41.5 Å². The number of nitrogens with zero attached hydrogens (tertiary/aromatic N) is 3. The first-order valence-electron chi connectivity index (χ1n) is 10.9. The molecule has 0 amide bonds. The minimum absolute atomic E-state index is 0.162. The van der Waals surface area contributed by atoms with Gasteiger partial charge in [-0.25, -0.2) is 9.97 Å². The maximum atomic E-state index is 10.6. The molecule has 7 nitrogen and oxygen atoms in total. The highest BCUT2D eigenvalue weighted by Crippen LogP contribution is 2.37. The van der Waals surface area contributed by atoms with Gasteiger partial charge in [-0.3, -0.25) is 4.98 Å². The molecule has 3 heterocycles. The van der Waals surface area contributed by atoms with Crippen molar-refractivity contribution in [1.82, 2.24) is 15.0 Å². The molecule has 34 heavy (non-hydrogen) atoms. The number of aromatic nitrogens is 3. The Balaban J connectivity index is 1.23. The van der Waals surface area contributed by atoms with E-state index in [-0.39, 0.29) is 6.04 Å². The molecule has 3 aromatic heterocycles. The van der Waals surface area contributed by atoms with Crippen LogP contribution in [-0.4, -0.2) is 26.2 Å². The molecule has 6 rings (SSSR count). The molecular formula is C26H21N5O2S. The topological polar surface area (TPSA) is 106 Å². The lowest BCUT2D eigenvalue weighted by atomic mass is 10.1. The summed E-state index contributed by atoms with van der Waals surface area (Å²) in [7, 11) is 0. The molecule has 5 aromatic rings. The summed E-state index contributed by atoms with van der Waals surface area (Å²) in [6.45, 7) is 0. The Morgan fingerprint density at radius 3 is 2.76 bits per heavy atom. The average molecular weight is 468 g/mol. The zero-order chi connectivity index (χ0) is 23.1. The van der Waals surface area contributed by atoms with Crippen molar-refractivity contribution in [2.75, 3.05) is 11.1 Å². The van der Waals surface area contributed by atoms with Crippen LogP contribution in [-0.2, 0) is 6.42 Å². The van der Waals surface area contributed by atoms with Crippen LogP contribution in [0.2, 0.25) is 0 Å². The van der Waals surface area contributed by atoms with E-state index in [9.17, 15) is 5.11 Å². The lowest BCUT2D eigenvalue weighted by Gasteiger charge is -2.16. The molecular weight excluding hydrogens is 446 g/mol. The summed E-state index contributed by atoms with van der Waals surface area (Å²) in [4.78, 5) is 13.2. The molecule has 8 heteroatoms. The van der Waals surface area contributed by atoms with Crippen LogP contribution in [0.5, 0.6) is 11.5 Å². The first-order chi connectivity index (χ1) is 16.6. The number of aliphatic hydroxyl groups excluding tert-OH is 1. The molecule has 0 saturated heterocycles. The zero-order valence-electron chi connectivity index (χ0n) is 18.1. The maximum absolute atomic E-state index is 10.6. The predicted octanol–water partition coefficient (Wildman–Crippen LogP) is 5.20. The van der Waals surface area contributed by atoms with E-state index in [1.807, 2.05) is 48.5 Å². The fourth-order valence-corrected chi connectivity index (χ4v) is 5.17. The van der Waals surface area contributed by atoms with Gasteiger partial charge in [0.15, 0.2) is 5.13 Å². The van der Waals surface area contributed by atoms with Gasteiger partial charge >= 0.3 is 0 Å². The van der Waals surface area contributed by atoms with E-state index in [1.165, 1.54) is 5.56 Å². The smallest absolute Gasteiger partial charge is 0.184 e. The molecule has 0 radical (unpaired) electrons. The second kappa shape index (κ2) is 8.40. The molecule has 0 bridgehead atoms. The Morgan fingerprint density at radius 2 is 1.88 bits per heavy atom. The van der Waals surface area contributed by atoms with Crippen molar-refractivity contribution in [1.29, 1.82) is 0 Å². The monoisotopic (exact) mass is 467 g/mol. The van der Waals surface area contributed by atoms with Crippen LogP contribution in [0.4, 0.5) is 10.9 Å². The normalized spacial score (nSPS) is 17.0. The Morgan fingerprint density at radius 1 is 1.00 bits per heavy atom. The number of nitrogen functional groups attached to an aromatic ring is 1. The number of aliphatic hydroxyl groups is 1. The van der Waals surface area contributed by atoms with Gasteiger partial charge in [0.25, 0.3) is 0 Å². The number of rotatable bonds is 5. The van der Waals surface area contributed by atoms with Crippen LogP contribution in [0.1, 0.15) is 17.2 Å². The highest BCUT2D eigenvalue weighted by atomic mass is 32.1. The first-order valence-corrected chi connectivity index (χ1v) is 11.7. The second-order valence-electron chi connectivity index (χ2n) is 8.19. The number of nitrogens with two attached hydrogens (primary N) is 1. The molecule has 168 valence electrons. The highest BCUT2D eigenvalue weighted by molar-refractivity contribution is 7.22. The molecule has 2 atom stereocenters. The molecule has 0 saturated carbocycles. The van der Waals surface area contributed by atoms with Crippen LogP contribution in [0, 0.1) is 0 Å². The van der Waals surface area contributed by atoms with Gasteiger partial charge in [0, 0.05) is 36.5 Å². The summed E-state index contributed by atoms with van der Waals surface area (Å²) >= 11 is 1.54. The van der Waals surface area contributed by atoms with E-state index in [0.29, 0.717) is 23.7 Å². The summed E-state index contributed by atoms with van der Waals surface area (Å²) in [5.41, 5.74) is 10.5. The van der Waals surface area contributed by atoms with Crippen molar-refractivity contribution in [3.63, 3.8) is 0 Å². The zero-order valence-corrected chi connectivity index (χ0v) is 18.9. The van der Waals surface area contributed by atoms with Crippen molar-refractivity contribution in [2.24, 2.45) is 0 Å². The third-order valence-corrected chi connectivity index (χ3v) is 6.84. The van der Waals surface area contributed by atoms with Gasteiger partial charge in [0.05, 0.1) is 28.1 Å². The Kier molecular flexibility index (Phi) is 5.09. The molecule has 0 fully saturated rings. The number of hydrogen-bond acceptors (Lipinski definition) is 8. The number of ether oxygens (including phenoxy) is 1. The summed E-state index contributed by atoms with van der Waals surface area (Å²) in [6.07, 6.45) is 3.58. The number of anilines is 2. The average Bonchev–Trinajstić information content (AvgIpc) is 3.39. The number of hydrogen-bond donors (Lipinski definition) is 3. The van der Waals surface area contributed by atoms with Crippen molar-refractivity contribution in [3.8, 4) is 22.8 Å². The summed E-state index contributed by atoms with van der Waals surface area (Å²) < 4.78 is 7.11. The van der Waals surface area contributed by atoms with Crippen molar-refractivity contribution in [2.45, 2.75) is 18.6 Å². The third-order valence-electron chi connectivity index (χ3n) is 5.89. The SMILES string of the molecule is Nc1ccc(-c2cc(Oc3ccc4nc(N[C@@H]5c6ccccc6C[C@@H]5O)sc4c3)ccn2)cn1. The van der Waals surface area contributed by atoms with Crippen molar-refractivity contribution < 1.29 is 9.84 Å². The fourth-order valence-electron chi connectivity index (χ4n) is 4.24. The lowest BCUT2D eigenvalue weighted by Crippen LogP contribution is -2.20. The highest BCUT2D eigenvalue weighted by Gasteiger charge is 2.31. The van der Waals surface area contributed by atoms with E-state index in [4.69, 9.17) is 15.5 Å².